The Kier molecular flexibility index (Phi) is 4.09. The molecule has 0 aromatic carbocycles. The Hall–Kier alpha value is -2.76. The molecule has 6 nitrogen and oxygen atoms in total. The Morgan fingerprint density at radius 2 is 1.86 bits per heavy atom. The fraction of sp³-hybridized carbons (Fsp3) is 0.250. The Bertz CT molecular complexity index is 658. The van der Waals surface area contributed by atoms with Crippen molar-refractivity contribution in [1.29, 1.82) is 0 Å². The van der Waals surface area contributed by atoms with Gasteiger partial charge in [0.15, 0.2) is 0 Å². The molecule has 0 spiro atoms. The van der Waals surface area contributed by atoms with E-state index >= 15 is 0 Å². The van der Waals surface area contributed by atoms with Crippen LogP contribution in [-0.2, 0) is 16.0 Å². The number of nitrogens with zero attached hydrogens (tertiary/aromatic N) is 4. The lowest BCUT2D eigenvalue weighted by Gasteiger charge is -2.34. The minimum Gasteiger partial charge on any atom is -0.331 e. The molecule has 2 amide bonds. The molecular formula is C16H16N4O2. The maximum absolute atomic E-state index is 12.3. The molecule has 0 bridgehead atoms. The molecule has 1 aliphatic rings. The van der Waals surface area contributed by atoms with Crippen LogP contribution in [0.4, 0.5) is 5.69 Å². The molecule has 2 aromatic heterocycles. The average Bonchev–Trinajstić information content (AvgIpc) is 2.56. The highest BCUT2D eigenvalue weighted by Crippen LogP contribution is 2.16. The first-order chi connectivity index (χ1) is 10.7. The minimum absolute atomic E-state index is 0.0489. The molecule has 1 aliphatic heterocycles. The van der Waals surface area contributed by atoms with Crippen LogP contribution in [0.3, 0.4) is 0 Å². The van der Waals surface area contributed by atoms with Crippen molar-refractivity contribution in [2.45, 2.75) is 6.42 Å². The van der Waals surface area contributed by atoms with Crippen molar-refractivity contribution >= 4 is 17.5 Å². The molecule has 0 aliphatic carbocycles. The van der Waals surface area contributed by atoms with Crippen molar-refractivity contribution in [1.82, 2.24) is 14.9 Å². The summed E-state index contributed by atoms with van der Waals surface area (Å²) < 4.78 is 0. The molecule has 2 aromatic rings. The van der Waals surface area contributed by atoms with E-state index in [2.05, 4.69) is 9.97 Å². The van der Waals surface area contributed by atoms with E-state index in [9.17, 15) is 9.59 Å². The van der Waals surface area contributed by atoms with Gasteiger partial charge in [-0.25, -0.2) is 0 Å². The molecule has 1 fully saturated rings. The van der Waals surface area contributed by atoms with Crippen LogP contribution in [0, 0.1) is 0 Å². The third kappa shape index (κ3) is 3.11. The van der Waals surface area contributed by atoms with Crippen molar-refractivity contribution in [3.63, 3.8) is 0 Å². The van der Waals surface area contributed by atoms with E-state index in [1.165, 1.54) is 0 Å². The maximum Gasteiger partial charge on any atom is 0.246 e. The predicted molar refractivity (Wildman–Crippen MR) is 81.1 cm³/mol. The summed E-state index contributed by atoms with van der Waals surface area (Å²) in [5.41, 5.74) is 1.63. The van der Waals surface area contributed by atoms with Crippen LogP contribution in [0.2, 0.25) is 0 Å². The number of anilines is 1. The third-order valence-corrected chi connectivity index (χ3v) is 3.61. The topological polar surface area (TPSA) is 66.4 Å². The van der Waals surface area contributed by atoms with Crippen LogP contribution in [0.15, 0.2) is 49.1 Å². The van der Waals surface area contributed by atoms with Gasteiger partial charge in [-0.3, -0.25) is 19.6 Å². The predicted octanol–water partition coefficient (Wildman–Crippen LogP) is 0.895. The van der Waals surface area contributed by atoms with E-state index in [0.717, 1.165) is 11.3 Å². The molecule has 0 unspecified atom stereocenters. The van der Waals surface area contributed by atoms with Crippen LogP contribution in [-0.4, -0.2) is 46.3 Å². The first-order valence-electron chi connectivity index (χ1n) is 7.11. The largest absolute Gasteiger partial charge is 0.331 e. The van der Waals surface area contributed by atoms with Gasteiger partial charge in [-0.1, -0.05) is 6.07 Å². The maximum atomic E-state index is 12.3. The highest BCUT2D eigenvalue weighted by Gasteiger charge is 2.27. The number of carbonyl (C=O) groups is 2. The first kappa shape index (κ1) is 14.2. The number of piperazine rings is 1. The number of carbonyl (C=O) groups excluding carboxylic acids is 2. The Morgan fingerprint density at radius 1 is 1.09 bits per heavy atom. The molecule has 22 heavy (non-hydrogen) atoms. The van der Waals surface area contributed by atoms with Crippen LogP contribution >= 0.6 is 0 Å². The zero-order valence-electron chi connectivity index (χ0n) is 12.1. The Morgan fingerprint density at radius 3 is 2.50 bits per heavy atom. The van der Waals surface area contributed by atoms with E-state index in [-0.39, 0.29) is 24.8 Å². The van der Waals surface area contributed by atoms with Crippen molar-refractivity contribution in [3.8, 4) is 0 Å². The van der Waals surface area contributed by atoms with E-state index in [0.29, 0.717) is 13.1 Å². The van der Waals surface area contributed by atoms with Crippen LogP contribution in [0.1, 0.15) is 5.56 Å². The molecular weight excluding hydrogens is 280 g/mol. The standard InChI is InChI=1S/C16H16N4O2/c21-15(9-13-3-1-5-17-10-13)19-7-8-20(16(22)12-19)14-4-2-6-18-11-14/h1-6,10-11H,7-9,12H2. The van der Waals surface area contributed by atoms with Crippen molar-refractivity contribution in [2.24, 2.45) is 0 Å². The fourth-order valence-electron chi connectivity index (χ4n) is 2.46. The Balaban J connectivity index is 1.63. The number of rotatable bonds is 3. The third-order valence-electron chi connectivity index (χ3n) is 3.61. The van der Waals surface area contributed by atoms with Gasteiger partial charge in [0.1, 0.15) is 6.54 Å². The van der Waals surface area contributed by atoms with Crippen LogP contribution in [0.25, 0.3) is 0 Å². The van der Waals surface area contributed by atoms with E-state index in [1.807, 2.05) is 12.1 Å². The number of hydrogen-bond acceptors (Lipinski definition) is 4. The normalized spacial score (nSPS) is 15.0. The monoisotopic (exact) mass is 296 g/mol. The summed E-state index contributed by atoms with van der Waals surface area (Å²) in [5.74, 6) is -0.133. The second kappa shape index (κ2) is 6.34. The summed E-state index contributed by atoms with van der Waals surface area (Å²) >= 11 is 0. The summed E-state index contributed by atoms with van der Waals surface area (Å²) in [6, 6.07) is 7.30. The highest BCUT2D eigenvalue weighted by atomic mass is 16.2. The minimum atomic E-state index is -0.0845. The zero-order chi connectivity index (χ0) is 15.4. The first-order valence-corrected chi connectivity index (χ1v) is 7.11. The molecule has 0 N–H and O–H groups in total. The SMILES string of the molecule is O=C(Cc1cccnc1)N1CCN(c2cccnc2)C(=O)C1. The van der Waals surface area contributed by atoms with Crippen LogP contribution < -0.4 is 4.90 Å². The molecule has 1 saturated heterocycles. The van der Waals surface area contributed by atoms with Gasteiger partial charge in [-0.15, -0.1) is 0 Å². The molecule has 112 valence electrons. The summed E-state index contributed by atoms with van der Waals surface area (Å²) in [6.07, 6.45) is 6.94. The van der Waals surface area contributed by atoms with Crippen LogP contribution in [0.5, 0.6) is 0 Å². The number of aromatic nitrogens is 2. The van der Waals surface area contributed by atoms with Gasteiger partial charge in [-0.2, -0.15) is 0 Å². The van der Waals surface area contributed by atoms with Gasteiger partial charge in [0, 0.05) is 31.7 Å². The van der Waals surface area contributed by atoms with Crippen molar-refractivity contribution in [2.75, 3.05) is 24.5 Å². The summed E-state index contributed by atoms with van der Waals surface area (Å²) in [7, 11) is 0. The molecule has 0 radical (unpaired) electrons. The number of hydrogen-bond donors (Lipinski definition) is 0. The van der Waals surface area contributed by atoms with E-state index in [1.54, 1.807) is 46.7 Å². The molecule has 0 saturated carbocycles. The van der Waals surface area contributed by atoms with Gasteiger partial charge in [0.2, 0.25) is 11.8 Å². The lowest BCUT2D eigenvalue weighted by atomic mass is 10.1. The van der Waals surface area contributed by atoms with E-state index in [4.69, 9.17) is 0 Å². The van der Waals surface area contributed by atoms with Crippen molar-refractivity contribution in [3.05, 3.63) is 54.6 Å². The average molecular weight is 296 g/mol. The lowest BCUT2D eigenvalue weighted by Crippen LogP contribution is -2.52. The second-order valence-electron chi connectivity index (χ2n) is 5.11. The Labute approximate surface area is 128 Å². The summed E-state index contributed by atoms with van der Waals surface area (Å²) in [6.45, 7) is 1.12. The molecule has 3 rings (SSSR count). The van der Waals surface area contributed by atoms with Gasteiger partial charge in [0.05, 0.1) is 18.3 Å². The summed E-state index contributed by atoms with van der Waals surface area (Å²) in [5, 5.41) is 0. The summed E-state index contributed by atoms with van der Waals surface area (Å²) in [4.78, 5) is 35.8. The lowest BCUT2D eigenvalue weighted by molar-refractivity contribution is -0.136. The molecule has 6 heteroatoms. The van der Waals surface area contributed by atoms with Gasteiger partial charge < -0.3 is 9.80 Å². The molecule has 3 heterocycles. The smallest absolute Gasteiger partial charge is 0.246 e. The highest BCUT2D eigenvalue weighted by molar-refractivity contribution is 5.98. The van der Waals surface area contributed by atoms with Gasteiger partial charge >= 0.3 is 0 Å². The second-order valence-corrected chi connectivity index (χ2v) is 5.11. The van der Waals surface area contributed by atoms with Crippen molar-refractivity contribution < 1.29 is 9.59 Å². The fourth-order valence-corrected chi connectivity index (χ4v) is 2.46. The number of amides is 2. The van der Waals surface area contributed by atoms with Gasteiger partial charge in [-0.05, 0) is 23.8 Å². The molecule has 0 atom stereocenters. The van der Waals surface area contributed by atoms with Gasteiger partial charge in [0.25, 0.3) is 0 Å². The zero-order valence-corrected chi connectivity index (χ0v) is 12.1. The number of pyridine rings is 2. The quantitative estimate of drug-likeness (QED) is 0.844. The van der Waals surface area contributed by atoms with E-state index < -0.39 is 0 Å².